The maximum absolute atomic E-state index is 12.3. The summed E-state index contributed by atoms with van der Waals surface area (Å²) in [6.45, 7) is 2.03. The van der Waals surface area contributed by atoms with Gasteiger partial charge in [0, 0.05) is 30.2 Å². The maximum Gasteiger partial charge on any atom is 0.234 e. The van der Waals surface area contributed by atoms with Crippen LogP contribution in [0.3, 0.4) is 0 Å². The number of anilines is 2. The van der Waals surface area contributed by atoms with Crippen LogP contribution in [0.15, 0.2) is 52.2 Å². The van der Waals surface area contributed by atoms with Crippen LogP contribution in [0.4, 0.5) is 11.4 Å². The van der Waals surface area contributed by atoms with Gasteiger partial charge >= 0.3 is 0 Å². The number of thioether (sulfide) groups is 1. The van der Waals surface area contributed by atoms with Crippen LogP contribution in [0, 0.1) is 0 Å². The average molecular weight is 499 g/mol. The fourth-order valence-electron chi connectivity index (χ4n) is 3.08. The molecule has 176 valence electrons. The lowest BCUT2D eigenvalue weighted by Crippen LogP contribution is -2.24. The van der Waals surface area contributed by atoms with Gasteiger partial charge in [-0.2, -0.15) is 0 Å². The fourth-order valence-corrected chi connectivity index (χ4v) is 4.72. The number of hydrogen-bond acceptors (Lipinski definition) is 8. The molecule has 1 aliphatic heterocycles. The first-order chi connectivity index (χ1) is 16.4. The van der Waals surface area contributed by atoms with Crippen molar-refractivity contribution < 1.29 is 23.9 Å². The molecule has 1 aromatic heterocycles. The van der Waals surface area contributed by atoms with E-state index in [2.05, 4.69) is 20.9 Å². The Hall–Kier alpha value is -3.57. The Morgan fingerprint density at radius 1 is 1.00 bits per heavy atom. The van der Waals surface area contributed by atoms with Gasteiger partial charge in [0.05, 0.1) is 17.9 Å². The molecule has 0 radical (unpaired) electrons. The van der Waals surface area contributed by atoms with Crippen LogP contribution >= 0.6 is 23.1 Å². The summed E-state index contributed by atoms with van der Waals surface area (Å²) in [5.74, 6) is 1.11. The molecule has 0 atom stereocenters. The number of aromatic nitrogens is 1. The first-order valence-corrected chi connectivity index (χ1v) is 12.2. The van der Waals surface area contributed by atoms with Crippen molar-refractivity contribution in [1.82, 2.24) is 10.3 Å². The third-order valence-electron chi connectivity index (χ3n) is 4.61. The van der Waals surface area contributed by atoms with Gasteiger partial charge in [-0.1, -0.05) is 17.8 Å². The third-order valence-corrected chi connectivity index (χ3v) is 6.68. The normalized spacial score (nSPS) is 11.7. The second kappa shape index (κ2) is 11.0. The molecule has 4 rings (SSSR count). The minimum atomic E-state index is -0.171. The zero-order valence-corrected chi connectivity index (χ0v) is 19.9. The van der Waals surface area contributed by atoms with Gasteiger partial charge < -0.3 is 25.4 Å². The van der Waals surface area contributed by atoms with Crippen molar-refractivity contribution in [1.29, 1.82) is 0 Å². The lowest BCUT2D eigenvalue weighted by atomic mass is 10.2. The van der Waals surface area contributed by atoms with Crippen molar-refractivity contribution in [2.45, 2.75) is 24.2 Å². The van der Waals surface area contributed by atoms with Gasteiger partial charge in [-0.15, -0.1) is 11.3 Å². The van der Waals surface area contributed by atoms with E-state index >= 15 is 0 Å². The molecule has 0 saturated carbocycles. The molecule has 9 nitrogen and oxygen atoms in total. The standard InChI is InChI=1S/C23H22N4O5S2/c1-14(28)25-16-3-5-17(6-4-16)26-22(30)12-34-23-27-18(11-33-23)9-21(29)24-10-15-2-7-19-20(8-15)32-13-31-19/h2-8,11H,9-10,12-13H2,1H3,(H,24,29)(H,25,28)(H,26,30). The Labute approximate surface area is 204 Å². The second-order valence-corrected chi connectivity index (χ2v) is 9.42. The monoisotopic (exact) mass is 498 g/mol. The average Bonchev–Trinajstić information content (AvgIpc) is 3.46. The molecule has 3 amide bonds. The molecule has 3 aromatic rings. The smallest absolute Gasteiger partial charge is 0.234 e. The molecule has 11 heteroatoms. The molecule has 0 bridgehead atoms. The maximum atomic E-state index is 12.3. The van der Waals surface area contributed by atoms with Crippen LogP contribution in [0.2, 0.25) is 0 Å². The minimum Gasteiger partial charge on any atom is -0.454 e. The van der Waals surface area contributed by atoms with Gasteiger partial charge in [-0.3, -0.25) is 14.4 Å². The molecule has 1 aliphatic rings. The predicted octanol–water partition coefficient (Wildman–Crippen LogP) is 3.42. The van der Waals surface area contributed by atoms with E-state index in [1.807, 2.05) is 23.6 Å². The van der Waals surface area contributed by atoms with E-state index in [0.717, 1.165) is 9.90 Å². The quantitative estimate of drug-likeness (QED) is 0.387. The fraction of sp³-hybridized carbons (Fsp3) is 0.217. The predicted molar refractivity (Wildman–Crippen MR) is 130 cm³/mol. The molecule has 0 spiro atoms. The number of nitrogens with zero attached hydrogens (tertiary/aromatic N) is 1. The van der Waals surface area contributed by atoms with Crippen LogP contribution in [-0.4, -0.2) is 35.3 Å². The van der Waals surface area contributed by atoms with Crippen LogP contribution in [0.1, 0.15) is 18.2 Å². The Kier molecular flexibility index (Phi) is 7.65. The summed E-state index contributed by atoms with van der Waals surface area (Å²) in [5, 5.41) is 10.2. The summed E-state index contributed by atoms with van der Waals surface area (Å²) >= 11 is 2.71. The molecule has 34 heavy (non-hydrogen) atoms. The van der Waals surface area contributed by atoms with Crippen molar-refractivity contribution >= 4 is 52.2 Å². The number of nitrogens with one attached hydrogen (secondary N) is 3. The lowest BCUT2D eigenvalue weighted by Gasteiger charge is -2.06. The van der Waals surface area contributed by atoms with E-state index in [-0.39, 0.29) is 36.7 Å². The van der Waals surface area contributed by atoms with Crippen LogP contribution in [0.5, 0.6) is 11.5 Å². The first kappa shape index (κ1) is 23.6. The molecular weight excluding hydrogens is 476 g/mol. The number of carbonyl (C=O) groups is 3. The molecule has 0 saturated heterocycles. The summed E-state index contributed by atoms with van der Waals surface area (Å²) in [6.07, 6.45) is 0.161. The number of benzene rings is 2. The number of thiazole rings is 1. The first-order valence-electron chi connectivity index (χ1n) is 10.3. The highest BCUT2D eigenvalue weighted by atomic mass is 32.2. The minimum absolute atomic E-state index is 0.139. The number of ether oxygens (including phenoxy) is 2. The summed E-state index contributed by atoms with van der Waals surface area (Å²) in [5.41, 5.74) is 2.88. The topological polar surface area (TPSA) is 119 Å². The van der Waals surface area contributed by atoms with E-state index in [1.165, 1.54) is 30.0 Å². The molecule has 0 unspecified atom stereocenters. The molecule has 2 aromatic carbocycles. The van der Waals surface area contributed by atoms with Gasteiger partial charge in [0.2, 0.25) is 24.5 Å². The Bertz CT molecular complexity index is 1200. The largest absolute Gasteiger partial charge is 0.454 e. The number of carbonyl (C=O) groups excluding carboxylic acids is 3. The highest BCUT2D eigenvalue weighted by Gasteiger charge is 2.14. The van der Waals surface area contributed by atoms with E-state index in [1.54, 1.807) is 24.3 Å². The van der Waals surface area contributed by atoms with Crippen LogP contribution in [0.25, 0.3) is 0 Å². The van der Waals surface area contributed by atoms with Crippen LogP contribution < -0.4 is 25.4 Å². The Balaban J connectivity index is 1.19. The number of fused-ring (bicyclic) bond motifs is 1. The molecular formula is C23H22N4O5S2. The number of amides is 3. The Morgan fingerprint density at radius 2 is 1.74 bits per heavy atom. The number of hydrogen-bond donors (Lipinski definition) is 3. The van der Waals surface area contributed by atoms with E-state index < -0.39 is 0 Å². The van der Waals surface area contributed by atoms with Crippen molar-refractivity contribution in [3.05, 3.63) is 59.1 Å². The molecule has 0 fully saturated rings. The summed E-state index contributed by atoms with van der Waals surface area (Å²) in [7, 11) is 0. The highest BCUT2D eigenvalue weighted by Crippen LogP contribution is 2.32. The highest BCUT2D eigenvalue weighted by molar-refractivity contribution is 8.01. The van der Waals surface area contributed by atoms with Gasteiger partial charge in [-0.05, 0) is 42.0 Å². The van der Waals surface area contributed by atoms with Gasteiger partial charge in [0.1, 0.15) is 0 Å². The van der Waals surface area contributed by atoms with Crippen molar-refractivity contribution in [3.63, 3.8) is 0 Å². The zero-order chi connectivity index (χ0) is 23.9. The molecule has 2 heterocycles. The lowest BCUT2D eigenvalue weighted by molar-refractivity contribution is -0.120. The molecule has 0 aliphatic carbocycles. The van der Waals surface area contributed by atoms with E-state index in [4.69, 9.17) is 9.47 Å². The van der Waals surface area contributed by atoms with E-state index in [9.17, 15) is 14.4 Å². The van der Waals surface area contributed by atoms with Gasteiger partial charge in [0.15, 0.2) is 15.8 Å². The van der Waals surface area contributed by atoms with Crippen LogP contribution in [-0.2, 0) is 27.3 Å². The number of rotatable bonds is 9. The third kappa shape index (κ3) is 6.72. The summed E-state index contributed by atoms with van der Waals surface area (Å²) in [4.78, 5) is 40.0. The summed E-state index contributed by atoms with van der Waals surface area (Å²) < 4.78 is 11.3. The van der Waals surface area contributed by atoms with Gasteiger partial charge in [-0.25, -0.2) is 4.98 Å². The van der Waals surface area contributed by atoms with Crippen molar-refractivity contribution in [2.75, 3.05) is 23.2 Å². The zero-order valence-electron chi connectivity index (χ0n) is 18.3. The molecule has 3 N–H and O–H groups in total. The van der Waals surface area contributed by atoms with Crippen molar-refractivity contribution in [3.8, 4) is 11.5 Å². The SMILES string of the molecule is CC(=O)Nc1ccc(NC(=O)CSc2nc(CC(=O)NCc3ccc4c(c3)OCO4)cs2)cc1. The summed E-state index contributed by atoms with van der Waals surface area (Å²) in [6, 6.07) is 12.4. The van der Waals surface area contributed by atoms with Gasteiger partial charge in [0.25, 0.3) is 0 Å². The second-order valence-electron chi connectivity index (χ2n) is 7.34. The Morgan fingerprint density at radius 3 is 2.50 bits per heavy atom. The van der Waals surface area contributed by atoms with Crippen molar-refractivity contribution in [2.24, 2.45) is 0 Å². The van der Waals surface area contributed by atoms with E-state index in [0.29, 0.717) is 35.1 Å².